The van der Waals surface area contributed by atoms with E-state index in [-0.39, 0.29) is 6.10 Å². The van der Waals surface area contributed by atoms with E-state index >= 15 is 0 Å². The lowest BCUT2D eigenvalue weighted by Gasteiger charge is -2.22. The van der Waals surface area contributed by atoms with Gasteiger partial charge in [-0.1, -0.05) is 25.5 Å². The summed E-state index contributed by atoms with van der Waals surface area (Å²) in [7, 11) is 0. The predicted octanol–water partition coefficient (Wildman–Crippen LogP) is 2.68. The normalized spacial score (nSPS) is 35.4. The number of hydrogen-bond acceptors (Lipinski definition) is 2. The molecule has 14 heavy (non-hydrogen) atoms. The van der Waals surface area contributed by atoms with Gasteiger partial charge in [0.2, 0.25) is 0 Å². The molecule has 1 saturated heterocycles. The first-order chi connectivity index (χ1) is 6.74. The molecule has 0 radical (unpaired) electrons. The second-order valence-electron chi connectivity index (χ2n) is 4.40. The summed E-state index contributed by atoms with van der Waals surface area (Å²) >= 11 is 0. The molecule has 1 unspecified atom stereocenters. The average Bonchev–Trinajstić information content (AvgIpc) is 2.92. The Kier molecular flexibility index (Phi) is 2.93. The van der Waals surface area contributed by atoms with E-state index < -0.39 is 0 Å². The van der Waals surface area contributed by atoms with Gasteiger partial charge in [0.05, 0.1) is 12.2 Å². The van der Waals surface area contributed by atoms with Gasteiger partial charge in [0.25, 0.3) is 0 Å². The number of hydrogen-bond donors (Lipinski definition) is 0. The van der Waals surface area contributed by atoms with Crippen LogP contribution in [0.15, 0.2) is 11.6 Å². The molecule has 1 fully saturated rings. The fourth-order valence-corrected chi connectivity index (χ4v) is 2.19. The summed E-state index contributed by atoms with van der Waals surface area (Å²) in [5.74, 6) is 0. The van der Waals surface area contributed by atoms with Crippen molar-refractivity contribution >= 4 is 0 Å². The molecular weight excluding hydrogens is 176 g/mol. The first-order valence-electron chi connectivity index (χ1n) is 5.72. The topological polar surface area (TPSA) is 21.8 Å². The van der Waals surface area contributed by atoms with E-state index in [1.165, 1.54) is 5.57 Å². The minimum atomic E-state index is 0.221. The van der Waals surface area contributed by atoms with Crippen molar-refractivity contribution in [1.29, 1.82) is 0 Å². The summed E-state index contributed by atoms with van der Waals surface area (Å²) in [6, 6.07) is 0. The maximum absolute atomic E-state index is 6.01. The Bertz CT molecular complexity index is 230. The SMILES string of the molecule is CCC(CC)O[C@@H]1C=C(C)CC2O[C@@H]21. The molecule has 0 amide bonds. The number of epoxide rings is 1. The van der Waals surface area contributed by atoms with Gasteiger partial charge in [-0.15, -0.1) is 0 Å². The fourth-order valence-electron chi connectivity index (χ4n) is 2.19. The Labute approximate surface area is 86.3 Å². The maximum Gasteiger partial charge on any atom is 0.114 e. The minimum Gasteiger partial charge on any atom is -0.368 e. The summed E-state index contributed by atoms with van der Waals surface area (Å²) in [5, 5.41) is 0. The molecule has 0 aromatic heterocycles. The van der Waals surface area contributed by atoms with Gasteiger partial charge >= 0.3 is 0 Å². The largest absolute Gasteiger partial charge is 0.368 e. The van der Waals surface area contributed by atoms with Gasteiger partial charge in [-0.3, -0.25) is 0 Å². The Morgan fingerprint density at radius 2 is 2.21 bits per heavy atom. The summed E-state index contributed by atoms with van der Waals surface area (Å²) in [5.41, 5.74) is 1.42. The average molecular weight is 196 g/mol. The molecule has 80 valence electrons. The van der Waals surface area contributed by atoms with Crippen LogP contribution in [0.1, 0.15) is 40.0 Å². The molecule has 2 aliphatic rings. The van der Waals surface area contributed by atoms with E-state index in [9.17, 15) is 0 Å². The van der Waals surface area contributed by atoms with Gasteiger partial charge in [-0.05, 0) is 26.2 Å². The summed E-state index contributed by atoms with van der Waals surface area (Å²) in [4.78, 5) is 0. The number of rotatable bonds is 4. The van der Waals surface area contributed by atoms with Gasteiger partial charge in [0, 0.05) is 0 Å². The van der Waals surface area contributed by atoms with Crippen LogP contribution in [0.3, 0.4) is 0 Å². The van der Waals surface area contributed by atoms with Crippen LogP contribution in [0.5, 0.6) is 0 Å². The van der Waals surface area contributed by atoms with Crippen molar-refractivity contribution < 1.29 is 9.47 Å². The first kappa shape index (κ1) is 10.2. The van der Waals surface area contributed by atoms with Crippen LogP contribution in [-0.2, 0) is 9.47 Å². The second-order valence-corrected chi connectivity index (χ2v) is 4.40. The third-order valence-corrected chi connectivity index (χ3v) is 3.18. The summed E-state index contributed by atoms with van der Waals surface area (Å²) < 4.78 is 11.6. The van der Waals surface area contributed by atoms with E-state index in [1.54, 1.807) is 0 Å². The zero-order valence-electron chi connectivity index (χ0n) is 9.32. The minimum absolute atomic E-state index is 0.221. The van der Waals surface area contributed by atoms with Crippen LogP contribution < -0.4 is 0 Å². The highest BCUT2D eigenvalue weighted by atomic mass is 16.6. The molecule has 3 atom stereocenters. The highest BCUT2D eigenvalue weighted by Crippen LogP contribution is 2.38. The molecule has 0 bridgehead atoms. The van der Waals surface area contributed by atoms with Crippen LogP contribution in [0.2, 0.25) is 0 Å². The number of ether oxygens (including phenoxy) is 2. The van der Waals surface area contributed by atoms with E-state index in [0.717, 1.165) is 19.3 Å². The molecular formula is C12H20O2. The van der Waals surface area contributed by atoms with Crippen molar-refractivity contribution in [1.82, 2.24) is 0 Å². The lowest BCUT2D eigenvalue weighted by atomic mass is 9.98. The maximum atomic E-state index is 6.01. The van der Waals surface area contributed by atoms with Crippen molar-refractivity contribution in [2.24, 2.45) is 0 Å². The zero-order valence-corrected chi connectivity index (χ0v) is 9.32. The second kappa shape index (κ2) is 4.03. The van der Waals surface area contributed by atoms with Crippen molar-refractivity contribution in [3.63, 3.8) is 0 Å². The molecule has 0 aromatic carbocycles. The van der Waals surface area contributed by atoms with Crippen molar-refractivity contribution in [2.75, 3.05) is 0 Å². The van der Waals surface area contributed by atoms with Gasteiger partial charge < -0.3 is 9.47 Å². The highest BCUT2D eigenvalue weighted by Gasteiger charge is 2.47. The van der Waals surface area contributed by atoms with Gasteiger partial charge in [-0.25, -0.2) is 0 Å². The lowest BCUT2D eigenvalue weighted by Crippen LogP contribution is -2.28. The third-order valence-electron chi connectivity index (χ3n) is 3.18. The van der Waals surface area contributed by atoms with Crippen LogP contribution >= 0.6 is 0 Å². The highest BCUT2D eigenvalue weighted by molar-refractivity contribution is 5.17. The Hall–Kier alpha value is -0.340. The molecule has 0 saturated carbocycles. The molecule has 1 heterocycles. The number of fused-ring (bicyclic) bond motifs is 1. The van der Waals surface area contributed by atoms with Gasteiger partial charge in [0.15, 0.2) is 0 Å². The van der Waals surface area contributed by atoms with E-state index in [1.807, 2.05) is 0 Å². The molecule has 0 spiro atoms. The monoisotopic (exact) mass is 196 g/mol. The lowest BCUT2D eigenvalue weighted by molar-refractivity contribution is -0.00446. The third kappa shape index (κ3) is 2.01. The standard InChI is InChI=1S/C12H20O2/c1-4-9(5-2)13-10-6-8(3)7-11-12(10)14-11/h6,9-12H,4-5,7H2,1-3H3/t10-,11?,12-/m1/s1. The van der Waals surface area contributed by atoms with E-state index in [4.69, 9.17) is 9.47 Å². The van der Waals surface area contributed by atoms with Crippen LogP contribution in [0.25, 0.3) is 0 Å². The quantitative estimate of drug-likeness (QED) is 0.509. The smallest absolute Gasteiger partial charge is 0.114 e. The Morgan fingerprint density at radius 1 is 1.50 bits per heavy atom. The fraction of sp³-hybridized carbons (Fsp3) is 0.833. The molecule has 1 aliphatic heterocycles. The van der Waals surface area contributed by atoms with Gasteiger partial charge in [-0.2, -0.15) is 0 Å². The van der Waals surface area contributed by atoms with Crippen molar-refractivity contribution in [3.05, 3.63) is 11.6 Å². The van der Waals surface area contributed by atoms with Crippen LogP contribution in [-0.4, -0.2) is 24.4 Å². The Balaban J connectivity index is 1.93. The molecule has 2 rings (SSSR count). The Morgan fingerprint density at radius 3 is 2.86 bits per heavy atom. The van der Waals surface area contributed by atoms with Crippen LogP contribution in [0.4, 0.5) is 0 Å². The first-order valence-corrected chi connectivity index (χ1v) is 5.72. The van der Waals surface area contributed by atoms with Crippen molar-refractivity contribution in [3.8, 4) is 0 Å². The summed E-state index contributed by atoms with van der Waals surface area (Å²) in [6.07, 6.45) is 6.97. The molecule has 2 heteroatoms. The van der Waals surface area contributed by atoms with Crippen LogP contribution in [0, 0.1) is 0 Å². The molecule has 2 nitrogen and oxygen atoms in total. The van der Waals surface area contributed by atoms with Gasteiger partial charge in [0.1, 0.15) is 12.2 Å². The predicted molar refractivity (Wildman–Crippen MR) is 56.3 cm³/mol. The molecule has 0 N–H and O–H groups in total. The zero-order chi connectivity index (χ0) is 10.1. The molecule has 1 aliphatic carbocycles. The summed E-state index contributed by atoms with van der Waals surface area (Å²) in [6.45, 7) is 6.53. The van der Waals surface area contributed by atoms with E-state index in [0.29, 0.717) is 18.3 Å². The molecule has 0 aromatic rings. The van der Waals surface area contributed by atoms with Crippen molar-refractivity contribution in [2.45, 2.75) is 64.4 Å². The van der Waals surface area contributed by atoms with E-state index in [2.05, 4.69) is 26.8 Å².